The van der Waals surface area contributed by atoms with E-state index in [4.69, 9.17) is 9.47 Å². The van der Waals surface area contributed by atoms with E-state index in [9.17, 15) is 19.5 Å². The van der Waals surface area contributed by atoms with Gasteiger partial charge >= 0.3 is 11.9 Å². The minimum Gasteiger partial charge on any atom is -0.545 e. The molecule has 1 heterocycles. The van der Waals surface area contributed by atoms with Crippen LogP contribution in [0.15, 0.2) is 18.2 Å². The third kappa shape index (κ3) is 2.10. The van der Waals surface area contributed by atoms with Gasteiger partial charge in [0.2, 0.25) is 0 Å². The number of hydrogen-bond acceptors (Lipinski definition) is 6. The van der Waals surface area contributed by atoms with Crippen molar-refractivity contribution in [3.8, 4) is 0 Å². The largest absolute Gasteiger partial charge is 0.545 e. The maximum Gasteiger partial charge on any atom is 0.339 e. The molecule has 0 aliphatic carbocycles. The van der Waals surface area contributed by atoms with Gasteiger partial charge in [-0.1, -0.05) is 6.07 Å². The molecule has 6 heteroatoms. The summed E-state index contributed by atoms with van der Waals surface area (Å²) in [6, 6.07) is 3.42. The second-order valence-corrected chi connectivity index (χ2v) is 3.32. The smallest absolute Gasteiger partial charge is 0.339 e. The van der Waals surface area contributed by atoms with Crippen LogP contribution in [0.3, 0.4) is 0 Å². The fraction of sp³-hybridized carbons (Fsp3) is 0.182. The number of esters is 2. The summed E-state index contributed by atoms with van der Waals surface area (Å²) in [5, 5.41) is 10.6. The third-order valence-electron chi connectivity index (χ3n) is 2.24. The molecule has 0 fully saturated rings. The zero-order valence-electron chi connectivity index (χ0n) is 8.60. The quantitative estimate of drug-likeness (QED) is 0.602. The van der Waals surface area contributed by atoms with Crippen LogP contribution in [0.4, 0.5) is 0 Å². The summed E-state index contributed by atoms with van der Waals surface area (Å²) >= 11 is 0. The van der Waals surface area contributed by atoms with E-state index in [0.29, 0.717) is 0 Å². The highest BCUT2D eigenvalue weighted by Gasteiger charge is 2.22. The van der Waals surface area contributed by atoms with E-state index in [1.807, 2.05) is 0 Å². The van der Waals surface area contributed by atoms with E-state index in [-0.39, 0.29) is 29.9 Å². The van der Waals surface area contributed by atoms with E-state index in [1.54, 1.807) is 0 Å². The summed E-state index contributed by atoms with van der Waals surface area (Å²) in [7, 11) is 0. The summed E-state index contributed by atoms with van der Waals surface area (Å²) in [6.07, 6.45) is 0. The number of ether oxygens (including phenoxy) is 2. The molecule has 0 unspecified atom stereocenters. The predicted molar refractivity (Wildman–Crippen MR) is 51.3 cm³/mol. The van der Waals surface area contributed by atoms with Crippen molar-refractivity contribution in [2.24, 2.45) is 0 Å². The Balaban J connectivity index is 2.54. The van der Waals surface area contributed by atoms with Gasteiger partial charge in [0, 0.05) is 0 Å². The number of aromatic carboxylic acids is 1. The molecule has 2 rings (SSSR count). The number of hydrogen-bond donors (Lipinski definition) is 0. The summed E-state index contributed by atoms with van der Waals surface area (Å²) in [5.41, 5.74) is -0.342. The van der Waals surface area contributed by atoms with Crippen LogP contribution in [0.1, 0.15) is 31.1 Å². The highest BCUT2D eigenvalue weighted by atomic mass is 16.6. The molecule has 0 amide bonds. The molecule has 0 radical (unpaired) electrons. The van der Waals surface area contributed by atoms with Crippen molar-refractivity contribution in [2.75, 3.05) is 13.2 Å². The van der Waals surface area contributed by atoms with Crippen molar-refractivity contribution in [1.82, 2.24) is 0 Å². The zero-order valence-corrected chi connectivity index (χ0v) is 8.60. The molecule has 0 atom stereocenters. The van der Waals surface area contributed by atoms with Gasteiger partial charge in [0.15, 0.2) is 0 Å². The Morgan fingerprint density at radius 1 is 1.06 bits per heavy atom. The number of carbonyl (C=O) groups is 3. The number of carboxylic acids is 1. The van der Waals surface area contributed by atoms with Crippen LogP contribution >= 0.6 is 0 Å². The molecule has 1 aromatic carbocycles. The molecule has 17 heavy (non-hydrogen) atoms. The Labute approximate surface area is 95.8 Å². The van der Waals surface area contributed by atoms with Crippen LogP contribution in [-0.4, -0.2) is 31.1 Å². The van der Waals surface area contributed by atoms with Gasteiger partial charge in [-0.25, -0.2) is 9.59 Å². The molecule has 0 saturated heterocycles. The molecular formula is C11H7O6-. The third-order valence-corrected chi connectivity index (χ3v) is 2.24. The minimum absolute atomic E-state index is 0.0142. The normalized spacial score (nSPS) is 15.1. The molecule has 88 valence electrons. The summed E-state index contributed by atoms with van der Waals surface area (Å²) in [6.45, 7) is -0.0776. The van der Waals surface area contributed by atoms with E-state index in [0.717, 1.165) is 6.07 Å². The van der Waals surface area contributed by atoms with Gasteiger partial charge in [-0.05, 0) is 17.7 Å². The van der Waals surface area contributed by atoms with Crippen molar-refractivity contribution in [1.29, 1.82) is 0 Å². The Hall–Kier alpha value is -2.37. The first-order valence-corrected chi connectivity index (χ1v) is 4.79. The monoisotopic (exact) mass is 235 g/mol. The minimum atomic E-state index is -1.43. The van der Waals surface area contributed by atoms with Gasteiger partial charge in [0.1, 0.15) is 13.2 Å². The van der Waals surface area contributed by atoms with Crippen LogP contribution in [0.2, 0.25) is 0 Å². The van der Waals surface area contributed by atoms with E-state index in [1.165, 1.54) is 12.1 Å². The van der Waals surface area contributed by atoms with E-state index < -0.39 is 17.9 Å². The standard InChI is InChI=1S/C11H8O6/c12-9(13)6-1-2-7-8(5-6)11(15)17-4-3-16-10(7)14/h1-2,5H,3-4H2,(H,12,13)/p-1. The molecule has 1 aliphatic rings. The van der Waals surface area contributed by atoms with Gasteiger partial charge in [0.25, 0.3) is 0 Å². The van der Waals surface area contributed by atoms with Crippen LogP contribution in [0.25, 0.3) is 0 Å². The molecule has 0 aromatic heterocycles. The average molecular weight is 235 g/mol. The Morgan fingerprint density at radius 2 is 1.65 bits per heavy atom. The Kier molecular flexibility index (Phi) is 2.78. The number of rotatable bonds is 1. The first kappa shape index (κ1) is 11.1. The van der Waals surface area contributed by atoms with Gasteiger partial charge in [-0.15, -0.1) is 0 Å². The molecule has 0 saturated carbocycles. The lowest BCUT2D eigenvalue weighted by Crippen LogP contribution is -2.25. The molecule has 1 aromatic rings. The number of carbonyl (C=O) groups excluding carboxylic acids is 3. The molecular weight excluding hydrogens is 228 g/mol. The highest BCUT2D eigenvalue weighted by molar-refractivity contribution is 6.05. The topological polar surface area (TPSA) is 92.7 Å². The summed E-state index contributed by atoms with van der Waals surface area (Å²) < 4.78 is 9.54. The highest BCUT2D eigenvalue weighted by Crippen LogP contribution is 2.16. The SMILES string of the molecule is O=C([O-])c1ccc2c(c1)C(=O)OCCOC2=O. The zero-order chi connectivity index (χ0) is 12.4. The van der Waals surface area contributed by atoms with Crippen LogP contribution in [0, 0.1) is 0 Å². The van der Waals surface area contributed by atoms with Crippen LogP contribution < -0.4 is 5.11 Å². The lowest BCUT2D eigenvalue weighted by Gasteiger charge is -2.14. The maximum atomic E-state index is 11.5. The molecule has 0 spiro atoms. The van der Waals surface area contributed by atoms with Crippen molar-refractivity contribution < 1.29 is 29.0 Å². The summed E-state index contributed by atoms with van der Waals surface area (Å²) in [4.78, 5) is 33.7. The Bertz CT molecular complexity index is 505. The molecule has 6 nitrogen and oxygen atoms in total. The van der Waals surface area contributed by atoms with Crippen molar-refractivity contribution in [3.05, 3.63) is 34.9 Å². The lowest BCUT2D eigenvalue weighted by molar-refractivity contribution is -0.255. The predicted octanol–water partition coefficient (Wildman–Crippen LogP) is -0.623. The van der Waals surface area contributed by atoms with Gasteiger partial charge in [0.05, 0.1) is 17.1 Å². The average Bonchev–Trinajstić information content (AvgIpc) is 2.31. The fourth-order valence-electron chi connectivity index (χ4n) is 1.44. The Morgan fingerprint density at radius 3 is 2.24 bits per heavy atom. The first-order chi connectivity index (χ1) is 8.09. The maximum absolute atomic E-state index is 11.5. The summed E-state index contributed by atoms with van der Waals surface area (Å²) in [5.74, 6) is -2.86. The number of carboxylic acid groups (broad SMARTS) is 1. The number of fused-ring (bicyclic) bond motifs is 1. The lowest BCUT2D eigenvalue weighted by atomic mass is 10.0. The molecule has 0 bridgehead atoms. The fourth-order valence-corrected chi connectivity index (χ4v) is 1.44. The van der Waals surface area contributed by atoms with Crippen LogP contribution in [0.5, 0.6) is 0 Å². The number of benzene rings is 1. The van der Waals surface area contributed by atoms with Gasteiger partial charge in [-0.2, -0.15) is 0 Å². The second kappa shape index (κ2) is 4.25. The van der Waals surface area contributed by atoms with E-state index in [2.05, 4.69) is 0 Å². The van der Waals surface area contributed by atoms with E-state index >= 15 is 0 Å². The second-order valence-electron chi connectivity index (χ2n) is 3.32. The van der Waals surface area contributed by atoms with Crippen molar-refractivity contribution in [2.45, 2.75) is 0 Å². The van der Waals surface area contributed by atoms with Gasteiger partial charge < -0.3 is 19.4 Å². The van der Waals surface area contributed by atoms with Crippen molar-refractivity contribution >= 4 is 17.9 Å². The first-order valence-electron chi connectivity index (χ1n) is 4.79. The van der Waals surface area contributed by atoms with Crippen molar-refractivity contribution in [3.63, 3.8) is 0 Å². The number of cyclic esters (lactones) is 2. The molecule has 0 N–H and O–H groups in total. The van der Waals surface area contributed by atoms with Gasteiger partial charge in [-0.3, -0.25) is 0 Å². The van der Waals surface area contributed by atoms with Crippen LogP contribution in [-0.2, 0) is 9.47 Å². The molecule has 1 aliphatic heterocycles.